The number of fused-ring (bicyclic) bond motifs is 3. The van der Waals surface area contributed by atoms with E-state index in [4.69, 9.17) is 44.3 Å². The Morgan fingerprint density at radius 1 is 0.509 bits per heavy atom. The number of nitrogens with zero attached hydrogens (tertiary/aromatic N) is 15. The van der Waals surface area contributed by atoms with E-state index >= 15 is 0 Å². The van der Waals surface area contributed by atoms with Crippen LogP contribution in [0.1, 0.15) is 41.2 Å². The number of aromatic nitrogens is 12. The summed E-state index contributed by atoms with van der Waals surface area (Å²) in [5.41, 5.74) is 3.59. The average molecular weight is 1560 g/mol. The van der Waals surface area contributed by atoms with Crippen LogP contribution in [-0.4, -0.2) is 239 Å². The Kier molecular flexibility index (Phi) is 24.7. The molecule has 3 atom stereocenters. The molecule has 3 aliphatic rings. The van der Waals surface area contributed by atoms with Crippen LogP contribution < -0.4 is 30.7 Å². The number of carbonyl (C=O) groups excluding carboxylic acids is 6. The van der Waals surface area contributed by atoms with Crippen molar-refractivity contribution in [2.75, 3.05) is 106 Å². The second-order valence-electron chi connectivity index (χ2n) is 24.5. The number of alkyl halides is 9. The fourth-order valence-electron chi connectivity index (χ4n) is 11.4. The molecule has 12 rings (SSSR count). The van der Waals surface area contributed by atoms with Gasteiger partial charge in [-0.25, -0.2) is 54.4 Å². The van der Waals surface area contributed by atoms with Crippen LogP contribution in [0.5, 0.6) is 0 Å². The summed E-state index contributed by atoms with van der Waals surface area (Å²) in [5.74, 6) is -0.865. The molecule has 12 heterocycles. The lowest BCUT2D eigenvalue weighted by Crippen LogP contribution is -2.61. The van der Waals surface area contributed by atoms with E-state index in [0.29, 0.717) is 113 Å². The molecule has 0 unspecified atom stereocenters. The highest BCUT2D eigenvalue weighted by Crippen LogP contribution is 2.34. The minimum Gasteiger partial charge on any atom is -0.449 e. The van der Waals surface area contributed by atoms with Gasteiger partial charge in [0.2, 0.25) is 23.6 Å². The fraction of sp³-hybridized carbons (Fsp3) is 0.400. The molecule has 0 bridgehead atoms. The normalized spacial score (nSPS) is 16.5. The maximum absolute atomic E-state index is 12.9. The number of pyridine rings is 3. The summed E-state index contributed by atoms with van der Waals surface area (Å²) in [7, 11) is 0. The average Bonchev–Trinajstić information content (AvgIpc) is 1.76. The van der Waals surface area contributed by atoms with Gasteiger partial charge >= 0.3 is 30.7 Å². The first-order valence-electron chi connectivity index (χ1n) is 32.6. The van der Waals surface area contributed by atoms with Crippen LogP contribution in [0.3, 0.4) is 0 Å². The monoisotopic (exact) mass is 1560 g/mol. The summed E-state index contributed by atoms with van der Waals surface area (Å²) in [6.45, 7) is 3.63. The Hall–Kier alpha value is -10.6. The molecule has 3 aliphatic heterocycles. The molecule has 3 fully saturated rings. The molecule has 9 aromatic heterocycles. The molecule has 0 saturated carbocycles. The standard InChI is InChI=1S/C23H25ClF3N7O3.C22H23ClF3N7O3.C20H19ClF3N7O2.5H2/c1-13(2)11-37-22(36)33-5-6-34(17(10-33)21(35)31-12-23(25,26)27)18-3-4-28-20(32-18)16-9-30-19-15(16)7-14(24)8-29-19;1-2-7-36-21(35)32-5-6-33(16(11-32)20(34)30-12-22(24,25)26)17-3-4-27-19(31-17)15-10-29-18-14(15)8-13(23)9-28-18;1-11(32)30-4-5-31(15(9-30)19(33)28-10-20(22,23)24)16-2-3-25-18(29-16)14-8-27-17-13(14)6-12(21)7-26-17;;;;;/h3-4,7-9,13,17H,5-6,10-12H2,1-2H3,(H,29,30)(H,31,35);3-4,8-10,16H,2,5-7,11-12H2,1H3,(H,28,29)(H,30,34);2-3,6-8,15H,4-5,9-10H2,1H3,(H,26,27)(H,28,33);5*1H/t17-;16-;15-;;;;;/m000...../s1. The maximum Gasteiger partial charge on any atom is 0.409 e. The highest BCUT2D eigenvalue weighted by Gasteiger charge is 2.41. The highest BCUT2D eigenvalue weighted by molar-refractivity contribution is 6.32. The number of halogens is 12. The zero-order chi connectivity index (χ0) is 76.4. The zero-order valence-electron chi connectivity index (χ0n) is 56.6. The molecule has 106 heavy (non-hydrogen) atoms. The highest BCUT2D eigenvalue weighted by atomic mass is 35.5. The molecule has 0 aromatic carbocycles. The number of amides is 6. The van der Waals surface area contributed by atoms with Crippen molar-refractivity contribution in [3.8, 4) is 34.2 Å². The minimum absolute atomic E-state index is 0. The van der Waals surface area contributed by atoms with Crippen molar-refractivity contribution in [3.63, 3.8) is 0 Å². The van der Waals surface area contributed by atoms with Crippen LogP contribution in [0.2, 0.25) is 15.1 Å². The van der Waals surface area contributed by atoms with Crippen molar-refractivity contribution in [1.82, 2.24) is 90.5 Å². The first-order chi connectivity index (χ1) is 50.3. The molecule has 574 valence electrons. The minimum atomic E-state index is -4.59. The molecule has 0 aliphatic carbocycles. The van der Waals surface area contributed by atoms with Crippen LogP contribution >= 0.6 is 34.8 Å². The molecule has 9 aromatic rings. The van der Waals surface area contributed by atoms with Crippen molar-refractivity contribution in [3.05, 3.63) is 107 Å². The van der Waals surface area contributed by atoms with Gasteiger partial charge in [-0.2, -0.15) is 39.5 Å². The number of hydrogen-bond donors (Lipinski definition) is 6. The van der Waals surface area contributed by atoms with Crippen LogP contribution in [0, 0.1) is 5.92 Å². The van der Waals surface area contributed by atoms with Gasteiger partial charge in [0.15, 0.2) is 17.5 Å². The second-order valence-corrected chi connectivity index (χ2v) is 25.8. The Morgan fingerprint density at radius 3 is 1.14 bits per heavy atom. The van der Waals surface area contributed by atoms with Crippen LogP contribution in [0.15, 0.2) is 92.2 Å². The molecule has 6 amide bonds. The third-order valence-electron chi connectivity index (χ3n) is 16.4. The number of carbonyl (C=O) groups is 6. The van der Waals surface area contributed by atoms with E-state index in [1.807, 2.05) is 36.7 Å². The first-order valence-corrected chi connectivity index (χ1v) is 33.7. The van der Waals surface area contributed by atoms with E-state index in [9.17, 15) is 68.3 Å². The van der Waals surface area contributed by atoms with E-state index in [0.717, 1.165) is 0 Å². The molecular weight excluding hydrogens is 1480 g/mol. The largest absolute Gasteiger partial charge is 0.449 e. The first kappa shape index (κ1) is 78.0. The molecule has 3 saturated heterocycles. The molecule has 41 heteroatoms. The second kappa shape index (κ2) is 33.6. The van der Waals surface area contributed by atoms with Gasteiger partial charge in [-0.3, -0.25) is 19.2 Å². The van der Waals surface area contributed by atoms with E-state index < -0.39 is 86.2 Å². The lowest BCUT2D eigenvalue weighted by Gasteiger charge is -2.40. The summed E-state index contributed by atoms with van der Waals surface area (Å²) in [6, 6.07) is 6.50. The quantitative estimate of drug-likeness (QED) is 0.0490. The number of piperazine rings is 3. The van der Waals surface area contributed by atoms with Gasteiger partial charge in [-0.15, -0.1) is 0 Å². The van der Waals surface area contributed by atoms with Gasteiger partial charge in [0.25, 0.3) is 0 Å². The Balaban J connectivity index is 0.000000292. The number of nitrogens with one attached hydrogen (secondary N) is 6. The van der Waals surface area contributed by atoms with Crippen molar-refractivity contribution in [2.24, 2.45) is 5.92 Å². The Bertz CT molecular complexity index is 4670. The van der Waals surface area contributed by atoms with Crippen LogP contribution in [-0.2, 0) is 28.7 Å². The van der Waals surface area contributed by atoms with E-state index in [1.165, 1.54) is 58.8 Å². The van der Waals surface area contributed by atoms with Crippen molar-refractivity contribution in [2.45, 2.75) is 70.8 Å². The SMILES string of the molecule is CC(=O)N1CCN(c2ccnc(-c3c[nH]c4ncc(Cl)cc34)n2)[C@H](C(=O)NCC(F)(F)F)C1.CC(C)COC(=O)N1CCN(c2ccnc(-c3c[nH]c4ncc(Cl)cc34)n2)[C@H](C(=O)NCC(F)(F)F)C1.CCCOC(=O)N1CCN(c2ccnc(-c3c[nH]c4ncc(Cl)cc34)n2)[C@H](C(=O)NCC(F)(F)F)C1.[HH].[HH].[HH].[HH].[HH]. The number of anilines is 3. The van der Waals surface area contributed by atoms with Crippen molar-refractivity contribution in [1.29, 1.82) is 0 Å². The predicted molar refractivity (Wildman–Crippen MR) is 381 cm³/mol. The van der Waals surface area contributed by atoms with Gasteiger partial charge in [-0.1, -0.05) is 55.6 Å². The summed E-state index contributed by atoms with van der Waals surface area (Å²) in [4.78, 5) is 132. The summed E-state index contributed by atoms with van der Waals surface area (Å²) in [6.07, 6.45) is -0.389. The van der Waals surface area contributed by atoms with Crippen molar-refractivity contribution >= 4 is 121 Å². The maximum atomic E-state index is 12.9. The fourth-order valence-corrected chi connectivity index (χ4v) is 11.9. The topological polar surface area (TPSA) is 340 Å². The molecule has 0 radical (unpaired) electrons. The van der Waals surface area contributed by atoms with E-state index in [2.05, 4.69) is 59.8 Å². The number of hydrogen-bond acceptors (Lipinski definition) is 20. The molecular formula is C65H77Cl3F9N21O8. The van der Waals surface area contributed by atoms with Crippen LogP contribution in [0.25, 0.3) is 67.3 Å². The molecule has 0 spiro atoms. The summed E-state index contributed by atoms with van der Waals surface area (Å²) >= 11 is 18.2. The third kappa shape index (κ3) is 20.0. The van der Waals surface area contributed by atoms with Gasteiger partial charge < -0.3 is 69.8 Å². The number of H-pyrrole nitrogens is 3. The van der Waals surface area contributed by atoms with Gasteiger partial charge in [0.1, 0.15) is 72.2 Å². The van der Waals surface area contributed by atoms with E-state index in [1.54, 1.807) is 69.7 Å². The van der Waals surface area contributed by atoms with Gasteiger partial charge in [0.05, 0.1) is 47.9 Å². The number of rotatable bonds is 16. The smallest absolute Gasteiger partial charge is 0.409 e. The summed E-state index contributed by atoms with van der Waals surface area (Å²) in [5, 5.41) is 9.08. The summed E-state index contributed by atoms with van der Waals surface area (Å²) < 4.78 is 125. The Morgan fingerprint density at radius 2 is 0.830 bits per heavy atom. The predicted octanol–water partition coefficient (Wildman–Crippen LogP) is 10.6. The zero-order valence-corrected chi connectivity index (χ0v) is 58.9. The Labute approximate surface area is 618 Å². The number of ether oxygens (including phenoxy) is 2. The lowest BCUT2D eigenvalue weighted by molar-refractivity contribution is -0.140. The third-order valence-corrected chi connectivity index (χ3v) is 17.0. The molecule has 6 N–H and O–H groups in total. The van der Waals surface area contributed by atoms with Crippen molar-refractivity contribution < 1.29 is 84.9 Å². The number of aromatic amines is 3. The molecule has 29 nitrogen and oxygen atoms in total. The van der Waals surface area contributed by atoms with Crippen LogP contribution in [0.4, 0.5) is 66.6 Å². The van der Waals surface area contributed by atoms with Gasteiger partial charge in [-0.05, 0) is 48.7 Å². The van der Waals surface area contributed by atoms with Gasteiger partial charge in [0, 0.05) is 142 Å². The lowest BCUT2D eigenvalue weighted by atomic mass is 10.1. The van der Waals surface area contributed by atoms with E-state index in [-0.39, 0.29) is 84.5 Å².